The topological polar surface area (TPSA) is 151 Å². The molecule has 1 amide bonds. The summed E-state index contributed by atoms with van der Waals surface area (Å²) in [5, 5.41) is 35.6. The number of aromatic nitrogens is 2. The van der Waals surface area contributed by atoms with E-state index in [0.717, 1.165) is 89.9 Å². The summed E-state index contributed by atoms with van der Waals surface area (Å²) in [4.78, 5) is 44.5. The summed E-state index contributed by atoms with van der Waals surface area (Å²) in [6.45, 7) is 4.17. The second-order valence-corrected chi connectivity index (χ2v) is 15.8. The molecule has 3 aliphatic heterocycles. The number of thiazole rings is 1. The number of aromatic hydroxyl groups is 1. The van der Waals surface area contributed by atoms with Gasteiger partial charge in [-0.25, -0.2) is 4.79 Å². The van der Waals surface area contributed by atoms with E-state index in [1.807, 2.05) is 53.1 Å². The van der Waals surface area contributed by atoms with E-state index < -0.39 is 12.2 Å². The number of rotatable bonds is 13. The number of nitrogens with zero attached hydrogens (tertiary/aromatic N) is 3. The first-order valence-corrected chi connectivity index (χ1v) is 19.8. The summed E-state index contributed by atoms with van der Waals surface area (Å²) >= 11 is 1.23. The largest absolute Gasteiger partial charge is 0.506 e. The van der Waals surface area contributed by atoms with Crippen LogP contribution in [0.3, 0.4) is 0 Å². The fourth-order valence-electron chi connectivity index (χ4n) is 8.49. The van der Waals surface area contributed by atoms with Gasteiger partial charge in [-0.15, -0.1) is 0 Å². The van der Waals surface area contributed by atoms with E-state index in [1.54, 1.807) is 17.0 Å². The van der Waals surface area contributed by atoms with Gasteiger partial charge in [0.2, 0.25) is 5.56 Å². The van der Waals surface area contributed by atoms with Crippen molar-refractivity contribution in [3.63, 3.8) is 0 Å². The molecule has 5 N–H and O–H groups in total. The second kappa shape index (κ2) is 17.8. The van der Waals surface area contributed by atoms with Crippen molar-refractivity contribution in [1.29, 1.82) is 0 Å². The van der Waals surface area contributed by atoms with Gasteiger partial charge < -0.3 is 30.5 Å². The van der Waals surface area contributed by atoms with Crippen LogP contribution in [0.4, 0.5) is 19.9 Å². The molecule has 3 saturated heterocycles. The highest BCUT2D eigenvalue weighted by Gasteiger charge is 2.41. The molecule has 14 heteroatoms. The minimum atomic E-state index is -0.907. The Balaban J connectivity index is 0.00000275. The number of fused-ring (bicyclic) bond motifs is 5. The third-order valence-electron chi connectivity index (χ3n) is 11.3. The van der Waals surface area contributed by atoms with Gasteiger partial charge in [0.1, 0.15) is 5.75 Å². The highest BCUT2D eigenvalue weighted by molar-refractivity contribution is 7.16. The first-order valence-electron chi connectivity index (χ1n) is 19.0. The molecule has 300 valence electrons. The second-order valence-electron chi connectivity index (χ2n) is 14.8. The molecular formula is C43H47F2N5O6S. The predicted octanol–water partition coefficient (Wildman–Crippen LogP) is 7.01. The van der Waals surface area contributed by atoms with Crippen LogP contribution in [0.1, 0.15) is 48.5 Å². The number of benzene rings is 4. The molecule has 3 aliphatic rings. The zero-order valence-corrected chi connectivity index (χ0v) is 32.1. The molecule has 2 aromatic heterocycles. The minimum Gasteiger partial charge on any atom is -0.506 e. The molecule has 4 aromatic carbocycles. The molecule has 0 aliphatic carbocycles. The molecule has 0 saturated carbocycles. The molecule has 0 radical (unpaired) electrons. The van der Waals surface area contributed by atoms with Gasteiger partial charge in [0, 0.05) is 43.2 Å². The number of carbonyl (C=O) groups is 1. The summed E-state index contributed by atoms with van der Waals surface area (Å²) in [5.41, 5.74) is 6.20. The number of phenols is 1. The monoisotopic (exact) mass is 799 g/mol. The standard InChI is InChI=1S/C43H45N5O6S.2FH/c49-37-15-12-32(33-13-16-40(51)45-41(33)37)38(50)25-44-24-28-10-14-34-39(23-28)55-43(54)47(34)19-5-4-6-27-9-11-31(29-7-2-1-3-8-29)35(22-27)48(42(52)53)36-26-46-20-17-30(36)18-21-46;;/h1-3,7-16,22-23,30,36,38,44,49-50H,4-6,17-21,24-26H2,(H,45,51)(H,52,53);2*1H/t36?,38-;;/m0../s1. The maximum absolute atomic E-state index is 13.1. The van der Waals surface area contributed by atoms with Gasteiger partial charge in [0.25, 0.3) is 0 Å². The van der Waals surface area contributed by atoms with Crippen molar-refractivity contribution in [3.05, 3.63) is 128 Å². The number of phenolic OH excluding ortho intramolecular Hbond substituents is 1. The van der Waals surface area contributed by atoms with Crippen molar-refractivity contribution < 1.29 is 29.5 Å². The Labute approximate surface area is 331 Å². The van der Waals surface area contributed by atoms with Gasteiger partial charge in [0.05, 0.1) is 33.6 Å². The molecule has 2 atom stereocenters. The van der Waals surface area contributed by atoms with Crippen LogP contribution in [0.15, 0.2) is 101 Å². The maximum Gasteiger partial charge on any atom is 0.412 e. The van der Waals surface area contributed by atoms with Crippen LogP contribution in [0.5, 0.6) is 5.75 Å². The van der Waals surface area contributed by atoms with Crippen molar-refractivity contribution >= 4 is 44.2 Å². The van der Waals surface area contributed by atoms with E-state index in [9.17, 15) is 29.7 Å². The summed E-state index contributed by atoms with van der Waals surface area (Å²) in [7, 11) is 0. The molecule has 9 rings (SSSR count). The Hall–Kier alpha value is -5.41. The molecule has 3 fully saturated rings. The van der Waals surface area contributed by atoms with Gasteiger partial charge in [-0.1, -0.05) is 65.9 Å². The number of aryl methyl sites for hydroxylation is 2. The normalized spacial score (nSPS) is 17.9. The van der Waals surface area contributed by atoms with Gasteiger partial charge in [0.15, 0.2) is 0 Å². The average Bonchev–Trinajstić information content (AvgIpc) is 3.51. The van der Waals surface area contributed by atoms with Crippen molar-refractivity contribution in [2.45, 2.75) is 57.3 Å². The van der Waals surface area contributed by atoms with E-state index >= 15 is 0 Å². The van der Waals surface area contributed by atoms with E-state index in [-0.39, 0.29) is 38.2 Å². The number of H-pyrrole nitrogens is 1. The van der Waals surface area contributed by atoms with Crippen molar-refractivity contribution in [2.75, 3.05) is 31.1 Å². The number of carboxylic acid groups (broad SMARTS) is 1. The Kier molecular flexibility index (Phi) is 12.9. The number of aliphatic hydroxyl groups is 1. The number of anilines is 1. The molecule has 6 aromatic rings. The Bertz CT molecular complexity index is 2460. The predicted molar refractivity (Wildman–Crippen MR) is 222 cm³/mol. The summed E-state index contributed by atoms with van der Waals surface area (Å²) in [6.07, 6.45) is 2.69. The van der Waals surface area contributed by atoms with Gasteiger partial charge in [-0.05, 0) is 104 Å². The molecule has 57 heavy (non-hydrogen) atoms. The number of unbranched alkanes of at least 4 members (excludes halogenated alkanes) is 1. The molecular weight excluding hydrogens is 753 g/mol. The zero-order chi connectivity index (χ0) is 38.1. The lowest BCUT2D eigenvalue weighted by Crippen LogP contribution is -2.59. The lowest BCUT2D eigenvalue weighted by molar-refractivity contribution is 0.0837. The molecule has 2 bridgehead atoms. The maximum atomic E-state index is 13.1. The van der Waals surface area contributed by atoms with Gasteiger partial charge in [-0.3, -0.25) is 28.5 Å². The molecule has 0 spiro atoms. The van der Waals surface area contributed by atoms with Crippen molar-refractivity contribution in [1.82, 2.24) is 19.8 Å². The highest BCUT2D eigenvalue weighted by Crippen LogP contribution is 2.39. The Morgan fingerprint density at radius 1 is 0.930 bits per heavy atom. The summed E-state index contributed by atoms with van der Waals surface area (Å²) < 4.78 is 2.74. The Morgan fingerprint density at radius 3 is 2.44 bits per heavy atom. The SMILES string of the molecule is F.F.O=C(O)N(c1cc(CCCCn2c(=O)sc3cc(CNC[C@H](O)c4ccc(O)c5[nH]c(=O)ccc45)ccc32)ccc1-c1ccccc1)C1CN2CCC1CC2. The lowest BCUT2D eigenvalue weighted by Gasteiger charge is -2.48. The summed E-state index contributed by atoms with van der Waals surface area (Å²) in [6, 6.07) is 28.3. The number of amides is 1. The van der Waals surface area contributed by atoms with Crippen LogP contribution in [0.25, 0.3) is 32.2 Å². The van der Waals surface area contributed by atoms with Crippen LogP contribution in [0.2, 0.25) is 0 Å². The smallest absolute Gasteiger partial charge is 0.412 e. The number of nitrogens with one attached hydrogen (secondary N) is 2. The van der Waals surface area contributed by atoms with Crippen LogP contribution >= 0.6 is 11.3 Å². The zero-order valence-electron chi connectivity index (χ0n) is 31.3. The number of pyridine rings is 1. The van der Waals surface area contributed by atoms with Crippen molar-refractivity contribution in [2.24, 2.45) is 5.92 Å². The first kappa shape index (κ1) is 41.2. The first-order chi connectivity index (χ1) is 26.7. The molecule has 1 unspecified atom stereocenters. The number of aliphatic hydroxyl groups excluding tert-OH is 1. The minimum absolute atomic E-state index is 0. The molecule has 5 heterocycles. The van der Waals surface area contributed by atoms with Gasteiger partial charge in [-0.2, -0.15) is 0 Å². The Morgan fingerprint density at radius 2 is 1.70 bits per heavy atom. The quantitative estimate of drug-likeness (QED) is 0.0784. The lowest BCUT2D eigenvalue weighted by atomic mass is 9.82. The summed E-state index contributed by atoms with van der Waals surface area (Å²) in [5.74, 6) is 0.308. The van der Waals surface area contributed by atoms with E-state index in [1.165, 1.54) is 23.5 Å². The number of hydrogen-bond donors (Lipinski definition) is 5. The van der Waals surface area contributed by atoms with Crippen LogP contribution in [-0.2, 0) is 19.5 Å². The fourth-order valence-corrected chi connectivity index (χ4v) is 9.47. The van der Waals surface area contributed by atoms with E-state index in [0.29, 0.717) is 35.5 Å². The third kappa shape index (κ3) is 8.64. The third-order valence-corrected chi connectivity index (χ3v) is 12.3. The van der Waals surface area contributed by atoms with Crippen LogP contribution in [-0.4, -0.2) is 68.1 Å². The highest BCUT2D eigenvalue weighted by atomic mass is 32.1. The number of halogens is 2. The van der Waals surface area contributed by atoms with Crippen LogP contribution < -0.4 is 20.6 Å². The number of piperidine rings is 3. The molecule has 11 nitrogen and oxygen atoms in total. The number of aromatic amines is 1. The fraction of sp³-hybridized carbons (Fsp3) is 0.326. The van der Waals surface area contributed by atoms with E-state index in [4.69, 9.17) is 0 Å². The van der Waals surface area contributed by atoms with E-state index in [2.05, 4.69) is 33.4 Å². The average molecular weight is 800 g/mol. The van der Waals surface area contributed by atoms with Crippen molar-refractivity contribution in [3.8, 4) is 16.9 Å². The number of hydrogen-bond acceptors (Lipinski definition) is 8. The van der Waals surface area contributed by atoms with Gasteiger partial charge >= 0.3 is 11.0 Å². The van der Waals surface area contributed by atoms with Crippen LogP contribution in [0, 0.1) is 5.92 Å².